The second-order valence-electron chi connectivity index (χ2n) is 8.27. The monoisotopic (exact) mass is 441 g/mol. The van der Waals surface area contributed by atoms with Gasteiger partial charge in [0, 0.05) is 12.1 Å². The Labute approximate surface area is 195 Å². The summed E-state index contributed by atoms with van der Waals surface area (Å²) in [6.45, 7) is 6.03. The van der Waals surface area contributed by atoms with Crippen molar-refractivity contribution in [1.29, 1.82) is 0 Å². The molecule has 4 aromatic rings. The number of carbonyl (C=O) groups is 1. The molecule has 5 heteroatoms. The summed E-state index contributed by atoms with van der Waals surface area (Å²) < 4.78 is 8.11. The standard InChI is InChI=1S/C28H31N3O2/c1-3-22-13-15-24(16-14-22)33-18-7-6-17-31-26-12-5-4-11-25(26)30-27(31)20-29-28(32)23-10-8-9-21(2)19-23/h4-5,8-16,19H,3,6-7,17-18,20H2,1-2H3,(H,29,32). The maximum atomic E-state index is 12.6. The fourth-order valence-corrected chi connectivity index (χ4v) is 3.94. The number of para-hydroxylation sites is 2. The van der Waals surface area contributed by atoms with Crippen LogP contribution in [0.5, 0.6) is 5.75 Å². The molecule has 0 radical (unpaired) electrons. The van der Waals surface area contributed by atoms with E-state index in [1.54, 1.807) is 0 Å². The summed E-state index contributed by atoms with van der Waals surface area (Å²) in [6, 6.07) is 24.0. The van der Waals surface area contributed by atoms with E-state index in [4.69, 9.17) is 9.72 Å². The summed E-state index contributed by atoms with van der Waals surface area (Å²) in [4.78, 5) is 17.4. The lowest BCUT2D eigenvalue weighted by atomic mass is 10.1. The molecule has 0 spiro atoms. The van der Waals surface area contributed by atoms with Gasteiger partial charge < -0.3 is 14.6 Å². The first-order chi connectivity index (χ1) is 16.1. The Morgan fingerprint density at radius 2 is 1.82 bits per heavy atom. The number of nitrogens with one attached hydrogen (secondary N) is 1. The van der Waals surface area contributed by atoms with E-state index in [0.29, 0.717) is 18.7 Å². The van der Waals surface area contributed by atoms with Crippen molar-refractivity contribution >= 4 is 16.9 Å². The van der Waals surface area contributed by atoms with Gasteiger partial charge in [0.1, 0.15) is 11.6 Å². The van der Waals surface area contributed by atoms with Crippen molar-refractivity contribution in [2.75, 3.05) is 6.61 Å². The van der Waals surface area contributed by atoms with Crippen LogP contribution in [-0.4, -0.2) is 22.1 Å². The minimum Gasteiger partial charge on any atom is -0.494 e. The average molecular weight is 442 g/mol. The fourth-order valence-electron chi connectivity index (χ4n) is 3.94. The molecule has 1 heterocycles. The van der Waals surface area contributed by atoms with Crippen LogP contribution in [-0.2, 0) is 19.5 Å². The van der Waals surface area contributed by atoms with Crippen molar-refractivity contribution in [3.63, 3.8) is 0 Å². The molecule has 0 aliphatic rings. The minimum absolute atomic E-state index is 0.0835. The third-order valence-electron chi connectivity index (χ3n) is 5.80. The van der Waals surface area contributed by atoms with Crippen LogP contribution in [0.15, 0.2) is 72.8 Å². The van der Waals surface area contributed by atoms with Gasteiger partial charge in [0.2, 0.25) is 0 Å². The molecule has 0 aliphatic heterocycles. The van der Waals surface area contributed by atoms with E-state index in [2.05, 4.69) is 35.0 Å². The Morgan fingerprint density at radius 3 is 2.61 bits per heavy atom. The van der Waals surface area contributed by atoms with Crippen LogP contribution in [0.4, 0.5) is 0 Å². The highest BCUT2D eigenvalue weighted by Gasteiger charge is 2.12. The van der Waals surface area contributed by atoms with E-state index in [1.165, 1.54) is 5.56 Å². The van der Waals surface area contributed by atoms with Crippen molar-refractivity contribution in [3.8, 4) is 5.75 Å². The predicted molar refractivity (Wildman–Crippen MR) is 133 cm³/mol. The highest BCUT2D eigenvalue weighted by Crippen LogP contribution is 2.18. The number of rotatable bonds is 10. The molecular formula is C28H31N3O2. The topological polar surface area (TPSA) is 56.1 Å². The second-order valence-corrected chi connectivity index (χ2v) is 8.27. The van der Waals surface area contributed by atoms with Crippen LogP contribution in [0.1, 0.15) is 47.1 Å². The zero-order chi connectivity index (χ0) is 23.0. The number of hydrogen-bond donors (Lipinski definition) is 1. The Morgan fingerprint density at radius 1 is 1.00 bits per heavy atom. The number of imidazole rings is 1. The number of benzene rings is 3. The van der Waals surface area contributed by atoms with Crippen molar-refractivity contribution in [1.82, 2.24) is 14.9 Å². The number of unbranched alkanes of at least 4 members (excludes halogenated alkanes) is 1. The lowest BCUT2D eigenvalue weighted by Gasteiger charge is -2.11. The van der Waals surface area contributed by atoms with Crippen LogP contribution < -0.4 is 10.1 Å². The van der Waals surface area contributed by atoms with E-state index in [0.717, 1.165) is 54.0 Å². The number of ether oxygens (including phenoxy) is 1. The fraction of sp³-hybridized carbons (Fsp3) is 0.286. The van der Waals surface area contributed by atoms with Gasteiger partial charge in [0.05, 0.1) is 24.2 Å². The first kappa shape index (κ1) is 22.6. The van der Waals surface area contributed by atoms with E-state index < -0.39 is 0 Å². The number of amides is 1. The number of fused-ring (bicyclic) bond motifs is 1. The molecule has 4 rings (SSSR count). The number of nitrogens with zero attached hydrogens (tertiary/aromatic N) is 2. The molecule has 0 unspecified atom stereocenters. The van der Waals surface area contributed by atoms with Gasteiger partial charge >= 0.3 is 0 Å². The van der Waals surface area contributed by atoms with Gasteiger partial charge in [0.25, 0.3) is 5.91 Å². The number of hydrogen-bond acceptors (Lipinski definition) is 3. The van der Waals surface area contributed by atoms with E-state index in [-0.39, 0.29) is 5.91 Å². The van der Waals surface area contributed by atoms with E-state index in [1.807, 2.05) is 61.5 Å². The largest absolute Gasteiger partial charge is 0.494 e. The van der Waals surface area contributed by atoms with Gasteiger partial charge in [-0.05, 0) is 68.1 Å². The van der Waals surface area contributed by atoms with Crippen LogP contribution in [0.2, 0.25) is 0 Å². The smallest absolute Gasteiger partial charge is 0.251 e. The van der Waals surface area contributed by atoms with Gasteiger partial charge in [-0.25, -0.2) is 4.98 Å². The summed E-state index contributed by atoms with van der Waals surface area (Å²) in [6.07, 6.45) is 2.94. The highest BCUT2D eigenvalue weighted by molar-refractivity contribution is 5.94. The van der Waals surface area contributed by atoms with Crippen LogP contribution in [0.3, 0.4) is 0 Å². The van der Waals surface area contributed by atoms with Crippen molar-refractivity contribution in [3.05, 3.63) is 95.3 Å². The minimum atomic E-state index is -0.0835. The summed E-state index contributed by atoms with van der Waals surface area (Å²) in [5, 5.41) is 3.03. The molecule has 170 valence electrons. The molecule has 1 N–H and O–H groups in total. The number of aryl methyl sites for hydroxylation is 3. The molecule has 33 heavy (non-hydrogen) atoms. The second kappa shape index (κ2) is 10.8. The predicted octanol–water partition coefficient (Wildman–Crippen LogP) is 5.70. The first-order valence-corrected chi connectivity index (χ1v) is 11.6. The van der Waals surface area contributed by atoms with Crippen LogP contribution >= 0.6 is 0 Å². The lowest BCUT2D eigenvalue weighted by molar-refractivity contribution is 0.0949. The normalized spacial score (nSPS) is 11.0. The Kier molecular flexibility index (Phi) is 7.40. The molecule has 0 saturated carbocycles. The third kappa shape index (κ3) is 5.80. The van der Waals surface area contributed by atoms with Crippen LogP contribution in [0.25, 0.3) is 11.0 Å². The zero-order valence-electron chi connectivity index (χ0n) is 19.4. The van der Waals surface area contributed by atoms with Crippen molar-refractivity contribution in [2.24, 2.45) is 0 Å². The molecule has 0 saturated heterocycles. The summed E-state index contributed by atoms with van der Waals surface area (Å²) in [5.74, 6) is 1.70. The maximum Gasteiger partial charge on any atom is 0.251 e. The van der Waals surface area contributed by atoms with Crippen molar-refractivity contribution < 1.29 is 9.53 Å². The molecule has 5 nitrogen and oxygen atoms in total. The van der Waals surface area contributed by atoms with E-state index in [9.17, 15) is 4.79 Å². The lowest BCUT2D eigenvalue weighted by Crippen LogP contribution is -2.25. The quantitative estimate of drug-likeness (QED) is 0.321. The maximum absolute atomic E-state index is 12.6. The Bertz CT molecular complexity index is 1210. The number of carbonyl (C=O) groups excluding carboxylic acids is 1. The highest BCUT2D eigenvalue weighted by atomic mass is 16.5. The van der Waals surface area contributed by atoms with Gasteiger partial charge in [-0.15, -0.1) is 0 Å². The average Bonchev–Trinajstić information content (AvgIpc) is 3.20. The molecule has 1 aromatic heterocycles. The molecular weight excluding hydrogens is 410 g/mol. The van der Waals surface area contributed by atoms with Crippen molar-refractivity contribution in [2.45, 2.75) is 46.2 Å². The van der Waals surface area contributed by atoms with E-state index >= 15 is 0 Å². The molecule has 0 fully saturated rings. The van der Waals surface area contributed by atoms with Crippen LogP contribution in [0, 0.1) is 6.92 Å². The van der Waals surface area contributed by atoms with Gasteiger partial charge in [-0.1, -0.05) is 48.9 Å². The molecule has 0 atom stereocenters. The SMILES string of the molecule is CCc1ccc(OCCCCn2c(CNC(=O)c3cccc(C)c3)nc3ccccc32)cc1. The zero-order valence-corrected chi connectivity index (χ0v) is 19.4. The molecule has 0 bridgehead atoms. The van der Waals surface area contributed by atoms with Gasteiger partial charge in [-0.3, -0.25) is 4.79 Å². The van der Waals surface area contributed by atoms with Gasteiger partial charge in [-0.2, -0.15) is 0 Å². The number of aromatic nitrogens is 2. The molecule has 3 aromatic carbocycles. The third-order valence-corrected chi connectivity index (χ3v) is 5.80. The summed E-state index contributed by atoms with van der Waals surface area (Å²) >= 11 is 0. The molecule has 1 amide bonds. The summed E-state index contributed by atoms with van der Waals surface area (Å²) in [7, 11) is 0. The first-order valence-electron chi connectivity index (χ1n) is 11.6. The summed E-state index contributed by atoms with van der Waals surface area (Å²) in [5.41, 5.74) is 5.09. The Balaban J connectivity index is 1.36. The Hall–Kier alpha value is -3.60. The van der Waals surface area contributed by atoms with Gasteiger partial charge in [0.15, 0.2) is 0 Å². The molecule has 0 aliphatic carbocycles.